The predicted molar refractivity (Wildman–Crippen MR) is 85.8 cm³/mol. The van der Waals surface area contributed by atoms with Gasteiger partial charge in [-0.05, 0) is 49.2 Å². The van der Waals surface area contributed by atoms with Gasteiger partial charge in [-0.1, -0.05) is 11.6 Å². The van der Waals surface area contributed by atoms with Crippen LogP contribution in [-0.2, 0) is 11.2 Å². The van der Waals surface area contributed by atoms with Crippen molar-refractivity contribution in [2.75, 3.05) is 19.6 Å². The minimum Gasteiger partial charge on any atom is -0.352 e. The van der Waals surface area contributed by atoms with Gasteiger partial charge in [0.2, 0.25) is 5.91 Å². The topological polar surface area (TPSA) is 41.1 Å². The molecule has 1 atom stereocenters. The molecule has 0 aromatic carbocycles. The van der Waals surface area contributed by atoms with E-state index in [0.717, 1.165) is 45.3 Å². The van der Waals surface area contributed by atoms with Crippen LogP contribution in [0.2, 0.25) is 0 Å². The van der Waals surface area contributed by atoms with Crippen LogP contribution >= 0.6 is 23.7 Å². The predicted octanol–water partition coefficient (Wildman–Crippen LogP) is 2.63. The van der Waals surface area contributed by atoms with Crippen LogP contribution in [0.4, 0.5) is 0 Å². The number of nitrogens with one attached hydrogen (secondary N) is 2. The maximum absolute atomic E-state index is 12.4. The van der Waals surface area contributed by atoms with Gasteiger partial charge in [-0.2, -0.15) is 0 Å². The minimum absolute atomic E-state index is 0. The molecule has 0 saturated carbocycles. The number of halogens is 1. The fourth-order valence-electron chi connectivity index (χ4n) is 2.91. The van der Waals surface area contributed by atoms with Gasteiger partial charge in [0, 0.05) is 18.0 Å². The third kappa shape index (κ3) is 3.43. The van der Waals surface area contributed by atoms with Crippen molar-refractivity contribution in [2.24, 2.45) is 0 Å². The van der Waals surface area contributed by atoms with Crippen LogP contribution in [0.1, 0.15) is 35.6 Å². The lowest BCUT2D eigenvalue weighted by Gasteiger charge is -2.22. The zero-order valence-electron chi connectivity index (χ0n) is 11.5. The van der Waals surface area contributed by atoms with E-state index in [1.54, 1.807) is 11.3 Å². The van der Waals surface area contributed by atoms with Crippen LogP contribution in [0.25, 0.3) is 0 Å². The molecule has 0 spiro atoms. The Morgan fingerprint density at radius 3 is 3.15 bits per heavy atom. The third-order valence-corrected chi connectivity index (χ3v) is 5.01. The van der Waals surface area contributed by atoms with Gasteiger partial charge in [-0.25, -0.2) is 0 Å². The zero-order valence-corrected chi connectivity index (χ0v) is 13.1. The second kappa shape index (κ2) is 7.25. The highest BCUT2D eigenvalue weighted by Crippen LogP contribution is 2.34. The van der Waals surface area contributed by atoms with E-state index in [0.29, 0.717) is 0 Å². The van der Waals surface area contributed by atoms with E-state index < -0.39 is 0 Å². The molecule has 1 aliphatic carbocycles. The molecule has 5 heteroatoms. The Kier molecular flexibility index (Phi) is 5.64. The fourth-order valence-corrected chi connectivity index (χ4v) is 3.90. The van der Waals surface area contributed by atoms with Crippen LogP contribution in [0, 0.1) is 0 Å². The van der Waals surface area contributed by atoms with E-state index in [-0.39, 0.29) is 24.2 Å². The molecule has 2 aliphatic rings. The Hall–Kier alpha value is -0.840. The summed E-state index contributed by atoms with van der Waals surface area (Å²) in [4.78, 5) is 13.8. The van der Waals surface area contributed by atoms with Crippen molar-refractivity contribution in [3.05, 3.63) is 33.5 Å². The average molecular weight is 313 g/mol. The summed E-state index contributed by atoms with van der Waals surface area (Å²) in [6, 6.07) is 2.13. The first-order valence-corrected chi connectivity index (χ1v) is 7.95. The lowest BCUT2D eigenvalue weighted by Crippen LogP contribution is -2.34. The summed E-state index contributed by atoms with van der Waals surface area (Å²) in [6.45, 7) is 2.68. The summed E-state index contributed by atoms with van der Waals surface area (Å²) in [6.07, 6.45) is 6.53. The number of carbonyl (C=O) groups is 1. The van der Waals surface area contributed by atoms with Gasteiger partial charge in [-0.3, -0.25) is 4.79 Å². The van der Waals surface area contributed by atoms with E-state index in [2.05, 4.69) is 28.2 Å². The Morgan fingerprint density at radius 2 is 2.35 bits per heavy atom. The number of rotatable bonds is 3. The molecule has 1 aliphatic heterocycles. The van der Waals surface area contributed by atoms with Gasteiger partial charge in [0.25, 0.3) is 0 Å². The Balaban J connectivity index is 0.00000147. The summed E-state index contributed by atoms with van der Waals surface area (Å²) in [5.74, 6) is 0.288. The smallest absolute Gasteiger partial charge is 0.227 e. The molecule has 3 rings (SSSR count). The molecule has 2 heterocycles. The zero-order chi connectivity index (χ0) is 13.1. The van der Waals surface area contributed by atoms with Gasteiger partial charge in [-0.15, -0.1) is 23.7 Å². The van der Waals surface area contributed by atoms with Crippen LogP contribution in [-0.4, -0.2) is 25.5 Å². The van der Waals surface area contributed by atoms with Crippen LogP contribution in [0.15, 0.2) is 23.1 Å². The molecule has 1 unspecified atom stereocenters. The van der Waals surface area contributed by atoms with Crippen molar-refractivity contribution >= 4 is 29.7 Å². The normalized spacial score (nSPS) is 21.4. The van der Waals surface area contributed by atoms with Crippen molar-refractivity contribution in [3.63, 3.8) is 0 Å². The van der Waals surface area contributed by atoms with Gasteiger partial charge in [0.05, 0.1) is 5.92 Å². The maximum atomic E-state index is 12.4. The SMILES string of the molecule is Cl.O=C(NCC1=CCNCC1)C1CCCc2sccc21. The monoisotopic (exact) mass is 312 g/mol. The lowest BCUT2D eigenvalue weighted by atomic mass is 9.87. The first-order valence-electron chi connectivity index (χ1n) is 7.07. The summed E-state index contributed by atoms with van der Waals surface area (Å²) >= 11 is 1.79. The summed E-state index contributed by atoms with van der Waals surface area (Å²) < 4.78 is 0. The highest BCUT2D eigenvalue weighted by Gasteiger charge is 2.27. The molecule has 0 radical (unpaired) electrons. The Morgan fingerprint density at radius 1 is 1.45 bits per heavy atom. The largest absolute Gasteiger partial charge is 0.352 e. The molecule has 0 saturated heterocycles. The highest BCUT2D eigenvalue weighted by atomic mass is 35.5. The van der Waals surface area contributed by atoms with E-state index >= 15 is 0 Å². The number of aryl methyl sites for hydroxylation is 1. The second-order valence-electron chi connectivity index (χ2n) is 5.28. The van der Waals surface area contributed by atoms with Crippen molar-refractivity contribution < 1.29 is 4.79 Å². The quantitative estimate of drug-likeness (QED) is 0.842. The average Bonchev–Trinajstić information content (AvgIpc) is 2.94. The lowest BCUT2D eigenvalue weighted by molar-refractivity contribution is -0.122. The van der Waals surface area contributed by atoms with E-state index in [9.17, 15) is 4.79 Å². The van der Waals surface area contributed by atoms with Gasteiger partial charge in [0.1, 0.15) is 0 Å². The summed E-state index contributed by atoms with van der Waals surface area (Å²) in [5.41, 5.74) is 2.63. The number of thiophene rings is 1. The highest BCUT2D eigenvalue weighted by molar-refractivity contribution is 7.10. The van der Waals surface area contributed by atoms with Gasteiger partial charge < -0.3 is 10.6 Å². The summed E-state index contributed by atoms with van der Waals surface area (Å²) in [5, 5.41) is 8.53. The van der Waals surface area contributed by atoms with Crippen molar-refractivity contribution in [3.8, 4) is 0 Å². The molecule has 20 heavy (non-hydrogen) atoms. The van der Waals surface area contributed by atoms with E-state index in [1.807, 2.05) is 0 Å². The molecular weight excluding hydrogens is 292 g/mol. The van der Waals surface area contributed by atoms with Crippen molar-refractivity contribution in [2.45, 2.75) is 31.6 Å². The molecule has 110 valence electrons. The number of amides is 1. The summed E-state index contributed by atoms with van der Waals surface area (Å²) in [7, 11) is 0. The Bertz CT molecular complexity index is 498. The molecule has 2 N–H and O–H groups in total. The van der Waals surface area contributed by atoms with Gasteiger partial charge >= 0.3 is 0 Å². The number of fused-ring (bicyclic) bond motifs is 1. The maximum Gasteiger partial charge on any atom is 0.227 e. The standard InChI is InChI=1S/C15H20N2OS.ClH/c18-15(17-10-11-4-7-16-8-5-11)13-2-1-3-14-12(13)6-9-19-14;/h4,6,9,13,16H,1-3,5,7-8,10H2,(H,17,18);1H. The Labute approximate surface area is 130 Å². The van der Waals surface area contributed by atoms with Crippen LogP contribution < -0.4 is 10.6 Å². The van der Waals surface area contributed by atoms with E-state index in [1.165, 1.54) is 16.0 Å². The first kappa shape index (κ1) is 15.5. The van der Waals surface area contributed by atoms with Crippen LogP contribution in [0.5, 0.6) is 0 Å². The van der Waals surface area contributed by atoms with Crippen molar-refractivity contribution in [1.29, 1.82) is 0 Å². The first-order chi connectivity index (χ1) is 9.34. The molecule has 0 bridgehead atoms. The number of hydrogen-bond donors (Lipinski definition) is 2. The molecule has 0 fully saturated rings. The van der Waals surface area contributed by atoms with Crippen LogP contribution in [0.3, 0.4) is 0 Å². The molecule has 1 aromatic rings. The second-order valence-corrected chi connectivity index (χ2v) is 6.28. The minimum atomic E-state index is 0. The van der Waals surface area contributed by atoms with E-state index in [4.69, 9.17) is 0 Å². The number of hydrogen-bond acceptors (Lipinski definition) is 3. The fraction of sp³-hybridized carbons (Fsp3) is 0.533. The molecular formula is C15H21ClN2OS. The van der Waals surface area contributed by atoms with Crippen molar-refractivity contribution in [1.82, 2.24) is 10.6 Å². The number of carbonyl (C=O) groups excluding carboxylic acids is 1. The van der Waals surface area contributed by atoms with Gasteiger partial charge in [0.15, 0.2) is 0 Å². The molecule has 3 nitrogen and oxygen atoms in total. The molecule has 1 amide bonds. The third-order valence-electron chi connectivity index (χ3n) is 4.02. The molecule has 1 aromatic heterocycles.